The van der Waals surface area contributed by atoms with Gasteiger partial charge < -0.3 is 14.3 Å². The quantitative estimate of drug-likeness (QED) is 0.853. The van der Waals surface area contributed by atoms with E-state index in [1.54, 1.807) is 12.5 Å². The minimum atomic E-state index is 0.669. The third-order valence-corrected chi connectivity index (χ3v) is 2.84. The summed E-state index contributed by atoms with van der Waals surface area (Å²) in [4.78, 5) is 4.03. The molecule has 1 N–H and O–H groups in total. The van der Waals surface area contributed by atoms with E-state index in [4.69, 9.17) is 4.42 Å². The van der Waals surface area contributed by atoms with Crippen molar-refractivity contribution in [3.63, 3.8) is 0 Å². The SMILES string of the molecule is Cc1oc(Cn2ccnc2)cc1CNCC(C)C. The summed E-state index contributed by atoms with van der Waals surface area (Å²) in [6, 6.07) is 2.13. The molecule has 0 saturated heterocycles. The molecule has 18 heavy (non-hydrogen) atoms. The number of nitrogens with zero attached hydrogens (tertiary/aromatic N) is 2. The van der Waals surface area contributed by atoms with Crippen LogP contribution in [-0.4, -0.2) is 16.1 Å². The molecule has 0 atom stereocenters. The van der Waals surface area contributed by atoms with Crippen LogP contribution in [0, 0.1) is 12.8 Å². The first kappa shape index (κ1) is 12.9. The number of imidazole rings is 1. The van der Waals surface area contributed by atoms with Crippen LogP contribution in [0.4, 0.5) is 0 Å². The van der Waals surface area contributed by atoms with Gasteiger partial charge in [-0.15, -0.1) is 0 Å². The molecule has 0 spiro atoms. The molecular weight excluding hydrogens is 226 g/mol. The summed E-state index contributed by atoms with van der Waals surface area (Å²) in [5, 5.41) is 3.43. The van der Waals surface area contributed by atoms with Gasteiger partial charge in [0, 0.05) is 24.5 Å². The predicted octanol–water partition coefficient (Wildman–Crippen LogP) is 2.58. The molecule has 2 heterocycles. The van der Waals surface area contributed by atoms with Gasteiger partial charge in [0.05, 0.1) is 12.9 Å². The largest absolute Gasteiger partial charge is 0.464 e. The predicted molar refractivity (Wildman–Crippen MR) is 71.3 cm³/mol. The molecule has 2 rings (SSSR count). The topological polar surface area (TPSA) is 43.0 Å². The Morgan fingerprint density at radius 2 is 2.28 bits per heavy atom. The van der Waals surface area contributed by atoms with Crippen LogP contribution in [0.2, 0.25) is 0 Å². The second-order valence-corrected chi connectivity index (χ2v) is 5.05. The minimum absolute atomic E-state index is 0.669. The summed E-state index contributed by atoms with van der Waals surface area (Å²) in [5.74, 6) is 2.65. The standard InChI is InChI=1S/C14H21N3O/c1-11(2)7-16-8-13-6-14(18-12(13)3)9-17-5-4-15-10-17/h4-6,10-11,16H,7-9H2,1-3H3. The van der Waals surface area contributed by atoms with Crippen LogP contribution in [0.5, 0.6) is 0 Å². The molecule has 0 aliphatic heterocycles. The second-order valence-electron chi connectivity index (χ2n) is 5.05. The lowest BCUT2D eigenvalue weighted by molar-refractivity contribution is 0.465. The van der Waals surface area contributed by atoms with E-state index in [-0.39, 0.29) is 0 Å². The molecule has 0 aromatic carbocycles. The monoisotopic (exact) mass is 247 g/mol. The Morgan fingerprint density at radius 3 is 2.94 bits per heavy atom. The van der Waals surface area contributed by atoms with Gasteiger partial charge in [-0.05, 0) is 25.5 Å². The normalized spacial score (nSPS) is 11.3. The van der Waals surface area contributed by atoms with Gasteiger partial charge in [0.2, 0.25) is 0 Å². The smallest absolute Gasteiger partial charge is 0.124 e. The number of aryl methyl sites for hydroxylation is 1. The fraction of sp³-hybridized carbons (Fsp3) is 0.500. The Morgan fingerprint density at radius 1 is 1.44 bits per heavy atom. The van der Waals surface area contributed by atoms with E-state index in [9.17, 15) is 0 Å². The van der Waals surface area contributed by atoms with Crippen molar-refractivity contribution in [2.24, 2.45) is 5.92 Å². The molecule has 98 valence electrons. The first-order valence-electron chi connectivity index (χ1n) is 6.40. The number of furan rings is 1. The highest BCUT2D eigenvalue weighted by Crippen LogP contribution is 2.15. The summed E-state index contributed by atoms with van der Waals surface area (Å²) < 4.78 is 7.76. The molecule has 0 amide bonds. The van der Waals surface area contributed by atoms with E-state index in [2.05, 4.69) is 30.2 Å². The van der Waals surface area contributed by atoms with Gasteiger partial charge >= 0.3 is 0 Å². The maximum atomic E-state index is 5.76. The number of nitrogens with one attached hydrogen (secondary N) is 1. The van der Waals surface area contributed by atoms with E-state index < -0.39 is 0 Å². The number of hydrogen-bond donors (Lipinski definition) is 1. The first-order chi connectivity index (χ1) is 8.65. The zero-order valence-electron chi connectivity index (χ0n) is 11.3. The van der Waals surface area contributed by atoms with E-state index in [0.717, 1.165) is 31.2 Å². The van der Waals surface area contributed by atoms with Gasteiger partial charge in [0.15, 0.2) is 0 Å². The van der Waals surface area contributed by atoms with Crippen molar-refractivity contribution >= 4 is 0 Å². The zero-order chi connectivity index (χ0) is 13.0. The molecule has 0 aliphatic carbocycles. The molecule has 2 aromatic heterocycles. The highest BCUT2D eigenvalue weighted by atomic mass is 16.3. The van der Waals surface area contributed by atoms with Gasteiger partial charge in [-0.3, -0.25) is 0 Å². The summed E-state index contributed by atoms with van der Waals surface area (Å²) in [6.07, 6.45) is 5.52. The lowest BCUT2D eigenvalue weighted by Gasteiger charge is -2.05. The Hall–Kier alpha value is -1.55. The molecule has 0 radical (unpaired) electrons. The van der Waals surface area contributed by atoms with E-state index in [0.29, 0.717) is 5.92 Å². The van der Waals surface area contributed by atoms with Gasteiger partial charge in [0.1, 0.15) is 11.5 Å². The summed E-state index contributed by atoms with van der Waals surface area (Å²) in [6.45, 7) is 9.08. The lowest BCUT2D eigenvalue weighted by atomic mass is 10.2. The molecule has 0 aliphatic rings. The van der Waals surface area contributed by atoms with Crippen molar-refractivity contribution in [3.8, 4) is 0 Å². The lowest BCUT2D eigenvalue weighted by Crippen LogP contribution is -2.18. The van der Waals surface area contributed by atoms with Crippen molar-refractivity contribution in [2.75, 3.05) is 6.54 Å². The van der Waals surface area contributed by atoms with Gasteiger partial charge in [-0.25, -0.2) is 4.98 Å². The third-order valence-electron chi connectivity index (χ3n) is 2.84. The van der Waals surface area contributed by atoms with Crippen LogP contribution in [0.3, 0.4) is 0 Å². The van der Waals surface area contributed by atoms with Crippen LogP contribution in [0.1, 0.15) is 30.9 Å². The fourth-order valence-corrected chi connectivity index (χ4v) is 1.90. The summed E-state index contributed by atoms with van der Waals surface area (Å²) in [5.41, 5.74) is 1.24. The Balaban J connectivity index is 1.94. The Bertz CT molecular complexity index is 471. The van der Waals surface area contributed by atoms with Crippen LogP contribution in [0.15, 0.2) is 29.2 Å². The summed E-state index contributed by atoms with van der Waals surface area (Å²) in [7, 11) is 0. The molecule has 0 saturated carbocycles. The minimum Gasteiger partial charge on any atom is -0.464 e. The van der Waals surface area contributed by atoms with Crippen molar-refractivity contribution in [2.45, 2.75) is 33.9 Å². The van der Waals surface area contributed by atoms with E-state index in [1.807, 2.05) is 17.7 Å². The average Bonchev–Trinajstić information content (AvgIpc) is 2.90. The fourth-order valence-electron chi connectivity index (χ4n) is 1.90. The van der Waals surface area contributed by atoms with Crippen LogP contribution >= 0.6 is 0 Å². The van der Waals surface area contributed by atoms with Gasteiger partial charge in [0.25, 0.3) is 0 Å². The number of hydrogen-bond acceptors (Lipinski definition) is 3. The zero-order valence-corrected chi connectivity index (χ0v) is 11.3. The van der Waals surface area contributed by atoms with Crippen molar-refractivity contribution in [1.29, 1.82) is 0 Å². The maximum absolute atomic E-state index is 5.76. The van der Waals surface area contributed by atoms with E-state index in [1.165, 1.54) is 5.56 Å². The molecule has 2 aromatic rings. The van der Waals surface area contributed by atoms with Crippen LogP contribution in [0.25, 0.3) is 0 Å². The number of aromatic nitrogens is 2. The third kappa shape index (κ3) is 3.47. The second kappa shape index (κ2) is 5.87. The highest BCUT2D eigenvalue weighted by molar-refractivity contribution is 5.20. The molecule has 0 fully saturated rings. The van der Waals surface area contributed by atoms with Crippen LogP contribution in [-0.2, 0) is 13.1 Å². The molecule has 0 unspecified atom stereocenters. The van der Waals surface area contributed by atoms with Crippen molar-refractivity contribution in [3.05, 3.63) is 41.9 Å². The van der Waals surface area contributed by atoms with Gasteiger partial charge in [-0.2, -0.15) is 0 Å². The molecule has 0 bridgehead atoms. The van der Waals surface area contributed by atoms with Crippen molar-refractivity contribution in [1.82, 2.24) is 14.9 Å². The highest BCUT2D eigenvalue weighted by Gasteiger charge is 2.07. The maximum Gasteiger partial charge on any atom is 0.124 e. The average molecular weight is 247 g/mol. The molecule has 4 nitrogen and oxygen atoms in total. The van der Waals surface area contributed by atoms with Crippen molar-refractivity contribution < 1.29 is 4.42 Å². The molecular formula is C14H21N3O. The first-order valence-corrected chi connectivity index (χ1v) is 6.40. The Kier molecular flexibility index (Phi) is 4.20. The summed E-state index contributed by atoms with van der Waals surface area (Å²) >= 11 is 0. The molecule has 4 heteroatoms. The van der Waals surface area contributed by atoms with Crippen LogP contribution < -0.4 is 5.32 Å². The Labute approximate surface area is 108 Å². The number of rotatable bonds is 6. The van der Waals surface area contributed by atoms with E-state index >= 15 is 0 Å². The van der Waals surface area contributed by atoms with Gasteiger partial charge in [-0.1, -0.05) is 13.8 Å².